The minimum Gasteiger partial charge on any atom is -0.508 e. The van der Waals surface area contributed by atoms with E-state index in [2.05, 4.69) is 0 Å². The summed E-state index contributed by atoms with van der Waals surface area (Å²) >= 11 is 0. The maximum Gasteiger partial charge on any atom is 0.197 e. The minimum atomic E-state index is -1.85. The lowest BCUT2D eigenvalue weighted by atomic mass is 9.89. The number of benzene rings is 2. The molecule has 5 rings (SSSR count). The van der Waals surface area contributed by atoms with E-state index in [1.165, 1.54) is 24.3 Å². The van der Waals surface area contributed by atoms with Gasteiger partial charge < -0.3 is 64.6 Å². The first-order chi connectivity index (χ1) is 19.0. The van der Waals surface area contributed by atoms with Gasteiger partial charge in [0.15, 0.2) is 11.7 Å². The van der Waals surface area contributed by atoms with Gasteiger partial charge in [-0.2, -0.15) is 0 Å². The van der Waals surface area contributed by atoms with Crippen LogP contribution < -0.4 is 5.43 Å². The Morgan fingerprint density at radius 2 is 1.60 bits per heavy atom. The third-order valence-corrected chi connectivity index (χ3v) is 7.06. The minimum absolute atomic E-state index is 0.0126. The lowest BCUT2D eigenvalue weighted by Crippen LogP contribution is -2.60. The molecule has 3 heterocycles. The van der Waals surface area contributed by atoms with Crippen LogP contribution in [-0.4, -0.2) is 108 Å². The summed E-state index contributed by atoms with van der Waals surface area (Å²) < 4.78 is 22.3. The van der Waals surface area contributed by atoms with Gasteiger partial charge in [0.1, 0.15) is 82.8 Å². The fourth-order valence-corrected chi connectivity index (χ4v) is 4.88. The molecule has 2 fully saturated rings. The second kappa shape index (κ2) is 10.9. The van der Waals surface area contributed by atoms with Crippen molar-refractivity contribution >= 4 is 11.0 Å². The van der Waals surface area contributed by atoms with Crippen LogP contribution in [0.3, 0.4) is 0 Å². The Morgan fingerprint density at radius 3 is 2.27 bits per heavy atom. The van der Waals surface area contributed by atoms with E-state index in [1.54, 1.807) is 0 Å². The summed E-state index contributed by atoms with van der Waals surface area (Å²) in [6.07, 6.45) is -14.9. The summed E-state index contributed by atoms with van der Waals surface area (Å²) in [5.41, 5.74) is -0.980. The zero-order chi connectivity index (χ0) is 28.9. The van der Waals surface area contributed by atoms with Crippen LogP contribution in [0.5, 0.6) is 17.2 Å². The molecule has 1 aromatic heterocycles. The Bertz CT molecular complexity index is 1420. The Balaban J connectivity index is 1.58. The third-order valence-electron chi connectivity index (χ3n) is 7.06. The molecule has 0 spiro atoms. The first-order valence-electron chi connectivity index (χ1n) is 12.3. The van der Waals surface area contributed by atoms with Crippen molar-refractivity contribution in [1.82, 2.24) is 0 Å². The van der Waals surface area contributed by atoms with Gasteiger partial charge in [0, 0.05) is 17.7 Å². The van der Waals surface area contributed by atoms with Crippen molar-refractivity contribution < 1.29 is 64.6 Å². The number of ether oxygens (including phenoxy) is 3. The number of aliphatic hydroxyl groups excluding tert-OH is 6. The predicted octanol–water partition coefficient (Wildman–Crippen LogP) is -1.45. The molecule has 2 aromatic carbocycles. The standard InChI is InChI=1S/C26H28O14/c27-7-16-20(33)22(35)25(40-26-23(36)19(32)13(31)8-37-26)24(39-16)18-12(30)6-15-17(21(18)34)11(29)5-14(38-15)9-1-3-10(28)4-2-9/h1-6,13,16,19-20,22-28,30-36H,7-8H2/t13-,16+,19+,20-,22+,23+,24+,25+,26+/m1/s1. The molecule has 2 aliphatic rings. The normalized spacial score (nSPS) is 32.8. The topological polar surface area (TPSA) is 240 Å². The first-order valence-corrected chi connectivity index (χ1v) is 12.3. The molecular weight excluding hydrogens is 536 g/mol. The predicted molar refractivity (Wildman–Crippen MR) is 132 cm³/mol. The van der Waals surface area contributed by atoms with Crippen LogP contribution >= 0.6 is 0 Å². The van der Waals surface area contributed by atoms with Gasteiger partial charge >= 0.3 is 0 Å². The first kappa shape index (κ1) is 28.2. The molecule has 14 heteroatoms. The zero-order valence-corrected chi connectivity index (χ0v) is 20.6. The summed E-state index contributed by atoms with van der Waals surface area (Å²) in [6.45, 7) is -1.24. The van der Waals surface area contributed by atoms with Crippen molar-refractivity contribution in [2.24, 2.45) is 0 Å². The third kappa shape index (κ3) is 4.89. The van der Waals surface area contributed by atoms with Crippen LogP contribution in [0.15, 0.2) is 45.6 Å². The highest BCUT2D eigenvalue weighted by molar-refractivity contribution is 5.88. The molecule has 40 heavy (non-hydrogen) atoms. The molecule has 14 nitrogen and oxygen atoms in total. The molecular formula is C26H28O14. The van der Waals surface area contributed by atoms with E-state index in [1.807, 2.05) is 0 Å². The van der Waals surface area contributed by atoms with E-state index in [0.29, 0.717) is 5.56 Å². The van der Waals surface area contributed by atoms with Gasteiger partial charge in [-0.1, -0.05) is 0 Å². The van der Waals surface area contributed by atoms with Gasteiger partial charge in [0.25, 0.3) is 0 Å². The van der Waals surface area contributed by atoms with E-state index < -0.39 is 90.8 Å². The fraction of sp³-hybridized carbons (Fsp3) is 0.423. The molecule has 216 valence electrons. The number of aliphatic hydroxyl groups is 6. The van der Waals surface area contributed by atoms with Crippen molar-refractivity contribution in [3.05, 3.63) is 52.2 Å². The van der Waals surface area contributed by atoms with Crippen LogP contribution in [0.4, 0.5) is 0 Å². The maximum absolute atomic E-state index is 13.1. The average Bonchev–Trinajstić information content (AvgIpc) is 2.92. The van der Waals surface area contributed by atoms with E-state index in [9.17, 15) is 50.8 Å². The highest BCUT2D eigenvalue weighted by Crippen LogP contribution is 2.46. The molecule has 0 amide bonds. The van der Waals surface area contributed by atoms with Crippen LogP contribution in [-0.2, 0) is 14.2 Å². The number of aromatic hydroxyl groups is 3. The van der Waals surface area contributed by atoms with Crippen LogP contribution in [0.25, 0.3) is 22.3 Å². The highest BCUT2D eigenvalue weighted by Gasteiger charge is 2.50. The van der Waals surface area contributed by atoms with Gasteiger partial charge in [-0.3, -0.25) is 4.79 Å². The summed E-state index contributed by atoms with van der Waals surface area (Å²) in [5, 5.41) is 92.3. The molecule has 0 saturated carbocycles. The number of hydrogen-bond donors (Lipinski definition) is 9. The van der Waals surface area contributed by atoms with Crippen LogP contribution in [0.2, 0.25) is 0 Å². The van der Waals surface area contributed by atoms with E-state index >= 15 is 0 Å². The lowest BCUT2D eigenvalue weighted by molar-refractivity contribution is -0.325. The maximum atomic E-state index is 13.1. The quantitative estimate of drug-likeness (QED) is 0.172. The van der Waals surface area contributed by atoms with Gasteiger partial charge in [0.2, 0.25) is 0 Å². The van der Waals surface area contributed by atoms with Crippen LogP contribution in [0, 0.1) is 0 Å². The summed E-state index contributed by atoms with van der Waals surface area (Å²) in [6, 6.07) is 7.84. The average molecular weight is 564 g/mol. The molecule has 9 N–H and O–H groups in total. The van der Waals surface area contributed by atoms with Crippen LogP contribution in [0.1, 0.15) is 11.7 Å². The van der Waals surface area contributed by atoms with Gasteiger partial charge in [0.05, 0.1) is 18.8 Å². The Morgan fingerprint density at radius 1 is 0.900 bits per heavy atom. The molecule has 3 aromatic rings. The monoisotopic (exact) mass is 564 g/mol. The molecule has 2 saturated heterocycles. The van der Waals surface area contributed by atoms with Gasteiger partial charge in [-0.05, 0) is 24.3 Å². The Kier molecular flexibility index (Phi) is 7.71. The van der Waals surface area contributed by atoms with Crippen molar-refractivity contribution in [2.75, 3.05) is 13.2 Å². The summed E-state index contributed by atoms with van der Waals surface area (Å²) in [5.74, 6) is -1.42. The largest absolute Gasteiger partial charge is 0.508 e. The Hall–Kier alpha value is -3.31. The second-order valence-corrected chi connectivity index (χ2v) is 9.66. The zero-order valence-electron chi connectivity index (χ0n) is 20.6. The number of phenols is 3. The molecule has 0 unspecified atom stereocenters. The summed E-state index contributed by atoms with van der Waals surface area (Å²) in [7, 11) is 0. The highest BCUT2D eigenvalue weighted by atomic mass is 16.7. The molecule has 9 atom stereocenters. The fourth-order valence-electron chi connectivity index (χ4n) is 4.88. The van der Waals surface area contributed by atoms with Crippen molar-refractivity contribution in [3.63, 3.8) is 0 Å². The number of hydrogen-bond acceptors (Lipinski definition) is 14. The smallest absolute Gasteiger partial charge is 0.197 e. The molecule has 0 radical (unpaired) electrons. The van der Waals surface area contributed by atoms with Gasteiger partial charge in [-0.25, -0.2) is 0 Å². The Labute approximate surface area is 225 Å². The number of fused-ring (bicyclic) bond motifs is 1. The van der Waals surface area contributed by atoms with Crippen molar-refractivity contribution in [2.45, 2.75) is 55.1 Å². The number of phenolic OH excluding ortho intramolecular Hbond substituents is 3. The number of rotatable bonds is 5. The molecule has 0 aliphatic carbocycles. The molecule has 0 bridgehead atoms. The van der Waals surface area contributed by atoms with E-state index in [-0.39, 0.29) is 22.5 Å². The lowest BCUT2D eigenvalue weighted by Gasteiger charge is -2.45. The molecule has 2 aliphatic heterocycles. The van der Waals surface area contributed by atoms with Crippen molar-refractivity contribution in [1.29, 1.82) is 0 Å². The SMILES string of the molecule is O=c1cc(-c2ccc(O)cc2)oc2cc(O)c([C@@H]3O[C@@H](CO)[C@@H](O)[C@H](O)[C@@H]3O[C@@H]3OC[C@@H](O)[C@H](O)[C@@H]3O)c(O)c12. The summed E-state index contributed by atoms with van der Waals surface area (Å²) in [4.78, 5) is 13.1. The van der Waals surface area contributed by atoms with Gasteiger partial charge in [-0.15, -0.1) is 0 Å². The van der Waals surface area contributed by atoms with E-state index in [4.69, 9.17) is 18.6 Å². The second-order valence-electron chi connectivity index (χ2n) is 9.66. The van der Waals surface area contributed by atoms with E-state index in [0.717, 1.165) is 12.1 Å². The van der Waals surface area contributed by atoms with Crippen molar-refractivity contribution in [3.8, 4) is 28.6 Å².